The Morgan fingerprint density at radius 2 is 2.20 bits per heavy atom. The molecule has 1 amide bonds. The first-order chi connectivity index (χ1) is 11.6. The fraction of sp³-hybridized carbons (Fsp3) is 0.375. The Bertz CT molecular complexity index is 743. The van der Waals surface area contributed by atoms with Gasteiger partial charge in [0.05, 0.1) is 26.0 Å². The Hall–Kier alpha value is -1.90. The van der Waals surface area contributed by atoms with E-state index in [1.54, 1.807) is 26.4 Å². The van der Waals surface area contributed by atoms with E-state index in [0.717, 1.165) is 5.56 Å². The Morgan fingerprint density at radius 3 is 2.84 bits per heavy atom. The van der Waals surface area contributed by atoms with Gasteiger partial charge in [0.2, 0.25) is 5.91 Å². The number of amides is 1. The van der Waals surface area contributed by atoms with Gasteiger partial charge in [-0.05, 0) is 18.2 Å². The molecule has 25 heavy (non-hydrogen) atoms. The number of halogens is 2. The molecule has 136 valence electrons. The van der Waals surface area contributed by atoms with E-state index in [1.807, 2.05) is 11.4 Å². The summed E-state index contributed by atoms with van der Waals surface area (Å²) in [5, 5.41) is 7.87. The number of methoxy groups -OCH3 is 2. The lowest BCUT2D eigenvalue weighted by Crippen LogP contribution is -2.35. The van der Waals surface area contributed by atoms with Gasteiger partial charge in [0.15, 0.2) is 5.13 Å². The van der Waals surface area contributed by atoms with Crippen molar-refractivity contribution < 1.29 is 18.7 Å². The topological polar surface area (TPSA) is 72.5 Å². The summed E-state index contributed by atoms with van der Waals surface area (Å²) >= 11 is 1.30. The standard InChI is InChI=1S/C16H18FN3O3S.ClH/c1-22-10-3-4-14(23-2)11(6-10)13-8-24-16(19-13)20-15(21)12-5-9(17)7-18-12;/h3-4,6,8-9,12,18H,5,7H2,1-2H3,(H,19,20,21);1H/t9-,12+;/m0./s1. The Balaban J connectivity index is 0.00000225. The number of thiazole rings is 1. The van der Waals surface area contributed by atoms with Crippen LogP contribution in [0, 0.1) is 0 Å². The summed E-state index contributed by atoms with van der Waals surface area (Å²) in [6.07, 6.45) is -0.790. The van der Waals surface area contributed by atoms with E-state index in [9.17, 15) is 9.18 Å². The van der Waals surface area contributed by atoms with Crippen LogP contribution < -0.4 is 20.1 Å². The van der Waals surface area contributed by atoms with Crippen molar-refractivity contribution in [2.45, 2.75) is 18.6 Å². The van der Waals surface area contributed by atoms with Crippen LogP contribution in [0.5, 0.6) is 11.5 Å². The maximum atomic E-state index is 13.2. The molecule has 0 spiro atoms. The number of nitrogens with one attached hydrogen (secondary N) is 2. The monoisotopic (exact) mass is 387 g/mol. The molecule has 1 aliphatic rings. The second-order valence-electron chi connectivity index (χ2n) is 5.39. The van der Waals surface area contributed by atoms with Crippen LogP contribution >= 0.6 is 23.7 Å². The summed E-state index contributed by atoms with van der Waals surface area (Å²) in [5.41, 5.74) is 1.45. The normalized spacial score (nSPS) is 19.2. The number of carbonyl (C=O) groups excluding carboxylic acids is 1. The molecule has 1 saturated heterocycles. The Kier molecular flexibility index (Phi) is 6.57. The highest BCUT2D eigenvalue weighted by molar-refractivity contribution is 7.14. The molecule has 1 aliphatic heterocycles. The van der Waals surface area contributed by atoms with Crippen molar-refractivity contribution >= 4 is 34.8 Å². The molecule has 0 saturated carbocycles. The third-order valence-corrected chi connectivity index (χ3v) is 4.57. The fourth-order valence-corrected chi connectivity index (χ4v) is 3.27. The van der Waals surface area contributed by atoms with Crippen molar-refractivity contribution in [1.82, 2.24) is 10.3 Å². The predicted molar refractivity (Wildman–Crippen MR) is 97.8 cm³/mol. The highest BCUT2D eigenvalue weighted by atomic mass is 35.5. The molecule has 2 heterocycles. The molecular formula is C16H19ClFN3O3S. The average molecular weight is 388 g/mol. The van der Waals surface area contributed by atoms with Crippen molar-refractivity contribution in [3.8, 4) is 22.8 Å². The summed E-state index contributed by atoms with van der Waals surface area (Å²) < 4.78 is 23.8. The first-order valence-corrected chi connectivity index (χ1v) is 8.35. The molecule has 1 fully saturated rings. The van der Waals surface area contributed by atoms with Crippen LogP contribution in [-0.4, -0.2) is 43.9 Å². The van der Waals surface area contributed by atoms with Gasteiger partial charge in [-0.2, -0.15) is 0 Å². The van der Waals surface area contributed by atoms with E-state index in [1.165, 1.54) is 11.3 Å². The molecule has 9 heteroatoms. The van der Waals surface area contributed by atoms with Crippen LogP contribution in [-0.2, 0) is 4.79 Å². The molecule has 0 radical (unpaired) electrons. The molecular weight excluding hydrogens is 369 g/mol. The molecule has 0 unspecified atom stereocenters. The zero-order valence-corrected chi connectivity index (χ0v) is 15.4. The molecule has 1 aromatic carbocycles. The summed E-state index contributed by atoms with van der Waals surface area (Å²) in [5.74, 6) is 1.08. The highest BCUT2D eigenvalue weighted by Gasteiger charge is 2.29. The van der Waals surface area contributed by atoms with Crippen molar-refractivity contribution in [2.75, 3.05) is 26.1 Å². The number of hydrogen-bond acceptors (Lipinski definition) is 6. The molecule has 1 aromatic heterocycles. The minimum atomic E-state index is -0.978. The molecule has 3 rings (SSSR count). The SMILES string of the molecule is COc1ccc(OC)c(-c2csc(NC(=O)[C@H]3C[C@H](F)CN3)n2)c1.Cl. The largest absolute Gasteiger partial charge is 0.497 e. The van der Waals surface area contributed by atoms with Crippen LogP contribution in [0.3, 0.4) is 0 Å². The molecule has 0 aliphatic carbocycles. The van der Waals surface area contributed by atoms with Gasteiger partial charge in [-0.1, -0.05) is 0 Å². The summed E-state index contributed by atoms with van der Waals surface area (Å²) in [6.45, 7) is 0.211. The predicted octanol–water partition coefficient (Wildman–Crippen LogP) is 2.89. The zero-order chi connectivity index (χ0) is 17.1. The number of hydrogen-bond donors (Lipinski definition) is 2. The van der Waals surface area contributed by atoms with Crippen molar-refractivity contribution in [3.05, 3.63) is 23.6 Å². The summed E-state index contributed by atoms with van der Waals surface area (Å²) in [4.78, 5) is 16.5. The Morgan fingerprint density at radius 1 is 1.40 bits per heavy atom. The van der Waals surface area contributed by atoms with Gasteiger partial charge in [-0.25, -0.2) is 9.37 Å². The van der Waals surface area contributed by atoms with Gasteiger partial charge in [-0.3, -0.25) is 4.79 Å². The number of nitrogens with zero attached hydrogens (tertiary/aromatic N) is 1. The van der Waals surface area contributed by atoms with Crippen molar-refractivity contribution in [2.24, 2.45) is 0 Å². The number of ether oxygens (including phenoxy) is 2. The minimum Gasteiger partial charge on any atom is -0.497 e. The fourth-order valence-electron chi connectivity index (χ4n) is 2.55. The lowest BCUT2D eigenvalue weighted by molar-refractivity contribution is -0.117. The first kappa shape index (κ1) is 19.4. The maximum Gasteiger partial charge on any atom is 0.243 e. The number of aromatic nitrogens is 1. The van der Waals surface area contributed by atoms with Crippen LogP contribution in [0.4, 0.5) is 9.52 Å². The van der Waals surface area contributed by atoms with E-state index in [0.29, 0.717) is 22.3 Å². The molecule has 2 atom stereocenters. The third-order valence-electron chi connectivity index (χ3n) is 3.81. The second kappa shape index (κ2) is 8.46. The van der Waals surface area contributed by atoms with Crippen LogP contribution in [0.1, 0.15) is 6.42 Å². The van der Waals surface area contributed by atoms with Crippen LogP contribution in [0.15, 0.2) is 23.6 Å². The van der Waals surface area contributed by atoms with Crippen molar-refractivity contribution in [1.29, 1.82) is 0 Å². The van der Waals surface area contributed by atoms with Gasteiger partial charge in [0.1, 0.15) is 17.7 Å². The van der Waals surface area contributed by atoms with Gasteiger partial charge < -0.3 is 20.1 Å². The van der Waals surface area contributed by atoms with Gasteiger partial charge >= 0.3 is 0 Å². The molecule has 6 nitrogen and oxygen atoms in total. The van der Waals surface area contributed by atoms with E-state index in [-0.39, 0.29) is 31.3 Å². The number of carbonyl (C=O) groups is 1. The lowest BCUT2D eigenvalue weighted by Gasteiger charge is -2.09. The number of anilines is 1. The summed E-state index contributed by atoms with van der Waals surface area (Å²) in [7, 11) is 3.17. The van der Waals surface area contributed by atoms with Gasteiger partial charge in [0.25, 0.3) is 0 Å². The average Bonchev–Trinajstić information content (AvgIpc) is 3.23. The molecule has 0 bridgehead atoms. The van der Waals surface area contributed by atoms with E-state index >= 15 is 0 Å². The van der Waals surface area contributed by atoms with E-state index in [2.05, 4.69) is 15.6 Å². The molecule has 2 N–H and O–H groups in total. The minimum absolute atomic E-state index is 0. The Labute approximate surface area is 155 Å². The number of alkyl halides is 1. The first-order valence-electron chi connectivity index (χ1n) is 7.47. The van der Waals surface area contributed by atoms with E-state index in [4.69, 9.17) is 9.47 Å². The highest BCUT2D eigenvalue weighted by Crippen LogP contribution is 2.35. The van der Waals surface area contributed by atoms with Crippen LogP contribution in [0.25, 0.3) is 11.3 Å². The zero-order valence-electron chi connectivity index (χ0n) is 13.7. The van der Waals surface area contributed by atoms with Crippen molar-refractivity contribution in [3.63, 3.8) is 0 Å². The van der Waals surface area contributed by atoms with Gasteiger partial charge in [0, 0.05) is 23.9 Å². The third kappa shape index (κ3) is 4.39. The van der Waals surface area contributed by atoms with Crippen LogP contribution in [0.2, 0.25) is 0 Å². The molecule has 2 aromatic rings. The lowest BCUT2D eigenvalue weighted by atomic mass is 10.1. The van der Waals surface area contributed by atoms with Gasteiger partial charge in [-0.15, -0.1) is 23.7 Å². The summed E-state index contributed by atoms with van der Waals surface area (Å²) in [6, 6.07) is 4.91. The number of benzene rings is 1. The van der Waals surface area contributed by atoms with E-state index < -0.39 is 12.2 Å². The maximum absolute atomic E-state index is 13.2. The smallest absolute Gasteiger partial charge is 0.243 e. The second-order valence-corrected chi connectivity index (χ2v) is 6.25. The quantitative estimate of drug-likeness (QED) is 0.825. The number of rotatable bonds is 5.